The summed E-state index contributed by atoms with van der Waals surface area (Å²) in [6.45, 7) is 3.93. The number of benzene rings is 1. The van der Waals surface area contributed by atoms with Crippen LogP contribution < -0.4 is 5.73 Å². The van der Waals surface area contributed by atoms with Crippen LogP contribution >= 0.6 is 0 Å². The smallest absolute Gasteiger partial charge is 0.293 e. The molecule has 2 aromatic rings. The first-order valence-corrected chi connectivity index (χ1v) is 5.51. The van der Waals surface area contributed by atoms with Gasteiger partial charge in [0.15, 0.2) is 0 Å². The van der Waals surface area contributed by atoms with E-state index in [1.54, 1.807) is 0 Å². The second-order valence-electron chi connectivity index (χ2n) is 4.00. The molecule has 90 valence electrons. The highest BCUT2D eigenvalue weighted by Gasteiger charge is 2.03. The van der Waals surface area contributed by atoms with Crippen molar-refractivity contribution in [3.05, 3.63) is 47.3 Å². The van der Waals surface area contributed by atoms with Gasteiger partial charge < -0.3 is 5.73 Å². The highest BCUT2D eigenvalue weighted by atomic mass is 16.1. The molecule has 0 bridgehead atoms. The molecule has 0 unspecified atom stereocenters. The molecule has 0 spiro atoms. The normalized spacial score (nSPS) is 9.67. The topological polar surface area (TPSA) is 60.9 Å². The highest BCUT2D eigenvalue weighted by molar-refractivity contribution is 5.92. The van der Waals surface area contributed by atoms with Crippen molar-refractivity contribution >= 4 is 5.91 Å². The lowest BCUT2D eigenvalue weighted by Crippen LogP contribution is -2.06. The Morgan fingerprint density at radius 1 is 1.33 bits per heavy atom. The van der Waals surface area contributed by atoms with E-state index in [0.717, 1.165) is 22.6 Å². The maximum absolute atomic E-state index is 10.6. The summed E-state index contributed by atoms with van der Waals surface area (Å²) in [5.41, 5.74) is 8.64. The van der Waals surface area contributed by atoms with Gasteiger partial charge in [-0.1, -0.05) is 12.0 Å². The molecule has 0 fully saturated rings. The molecule has 0 saturated heterocycles. The number of carbonyl (C=O) groups excluding carboxylic acids is 1. The number of aryl methyl sites for hydroxylation is 2. The molecule has 1 heterocycles. The number of hydrogen-bond acceptors (Lipinski definition) is 2. The fraction of sp³-hybridized carbons (Fsp3) is 0.143. The predicted molar refractivity (Wildman–Crippen MR) is 69.1 cm³/mol. The fourth-order valence-corrected chi connectivity index (χ4v) is 1.74. The van der Waals surface area contributed by atoms with Crippen LogP contribution in [0.25, 0.3) is 5.69 Å². The molecule has 0 aliphatic rings. The minimum Gasteiger partial charge on any atom is -0.359 e. The van der Waals surface area contributed by atoms with Gasteiger partial charge in [-0.05, 0) is 44.0 Å². The van der Waals surface area contributed by atoms with Gasteiger partial charge in [-0.2, -0.15) is 5.10 Å². The van der Waals surface area contributed by atoms with E-state index in [2.05, 4.69) is 16.9 Å². The SMILES string of the molecule is Cc1cc(C)n(-c2cccc(C#CC(N)=O)c2)n1. The van der Waals surface area contributed by atoms with Crippen LogP contribution in [-0.4, -0.2) is 15.7 Å². The van der Waals surface area contributed by atoms with Crippen molar-refractivity contribution in [1.29, 1.82) is 0 Å². The monoisotopic (exact) mass is 239 g/mol. The molecular formula is C14H13N3O. The molecule has 4 heteroatoms. The van der Waals surface area contributed by atoms with Gasteiger partial charge in [-0.15, -0.1) is 0 Å². The number of rotatable bonds is 1. The van der Waals surface area contributed by atoms with E-state index in [1.807, 2.05) is 48.9 Å². The van der Waals surface area contributed by atoms with Crippen LogP contribution in [-0.2, 0) is 4.79 Å². The van der Waals surface area contributed by atoms with Gasteiger partial charge in [0.05, 0.1) is 11.4 Å². The van der Waals surface area contributed by atoms with Gasteiger partial charge in [0.2, 0.25) is 0 Å². The molecule has 0 radical (unpaired) electrons. The second-order valence-corrected chi connectivity index (χ2v) is 4.00. The number of nitrogens with two attached hydrogens (primary N) is 1. The molecule has 0 atom stereocenters. The summed E-state index contributed by atoms with van der Waals surface area (Å²) < 4.78 is 1.84. The van der Waals surface area contributed by atoms with E-state index < -0.39 is 5.91 Å². The van der Waals surface area contributed by atoms with Crippen LogP contribution in [0.5, 0.6) is 0 Å². The molecule has 2 N–H and O–H groups in total. The van der Waals surface area contributed by atoms with Crippen molar-refractivity contribution in [2.75, 3.05) is 0 Å². The Labute approximate surface area is 105 Å². The largest absolute Gasteiger partial charge is 0.359 e. The third-order valence-corrected chi connectivity index (χ3v) is 2.43. The lowest BCUT2D eigenvalue weighted by atomic mass is 10.2. The molecule has 18 heavy (non-hydrogen) atoms. The summed E-state index contributed by atoms with van der Waals surface area (Å²) in [5.74, 6) is 4.40. The van der Waals surface area contributed by atoms with Crippen LogP contribution in [0.1, 0.15) is 17.0 Å². The minimum atomic E-state index is -0.633. The molecular weight excluding hydrogens is 226 g/mol. The van der Waals surface area contributed by atoms with Crippen LogP contribution in [0.4, 0.5) is 0 Å². The summed E-state index contributed by atoms with van der Waals surface area (Å²) in [5, 5.41) is 4.39. The Balaban J connectivity index is 2.42. The summed E-state index contributed by atoms with van der Waals surface area (Å²) in [6, 6.07) is 9.51. The van der Waals surface area contributed by atoms with Gasteiger partial charge in [-0.3, -0.25) is 4.79 Å². The molecule has 4 nitrogen and oxygen atoms in total. The zero-order chi connectivity index (χ0) is 13.1. The minimum absolute atomic E-state index is 0.633. The first kappa shape index (κ1) is 11.9. The van der Waals surface area contributed by atoms with Crippen molar-refractivity contribution in [3.63, 3.8) is 0 Å². The zero-order valence-corrected chi connectivity index (χ0v) is 10.3. The first-order chi connectivity index (χ1) is 8.56. The molecule has 0 saturated carbocycles. The molecule has 0 aliphatic carbocycles. The Morgan fingerprint density at radius 3 is 2.72 bits per heavy atom. The Morgan fingerprint density at radius 2 is 2.11 bits per heavy atom. The van der Waals surface area contributed by atoms with E-state index in [1.165, 1.54) is 0 Å². The fourth-order valence-electron chi connectivity index (χ4n) is 1.74. The average molecular weight is 239 g/mol. The predicted octanol–water partition coefficient (Wildman–Crippen LogP) is 1.33. The second kappa shape index (κ2) is 4.76. The van der Waals surface area contributed by atoms with E-state index in [9.17, 15) is 4.79 Å². The van der Waals surface area contributed by atoms with E-state index in [4.69, 9.17) is 5.73 Å². The third kappa shape index (κ3) is 2.58. The van der Waals surface area contributed by atoms with Gasteiger partial charge >= 0.3 is 0 Å². The van der Waals surface area contributed by atoms with Crippen molar-refractivity contribution in [2.24, 2.45) is 5.73 Å². The van der Waals surface area contributed by atoms with E-state index in [-0.39, 0.29) is 0 Å². The summed E-state index contributed by atoms with van der Waals surface area (Å²) in [7, 11) is 0. The van der Waals surface area contributed by atoms with Crippen LogP contribution in [0, 0.1) is 25.7 Å². The molecule has 1 aromatic heterocycles. The summed E-state index contributed by atoms with van der Waals surface area (Å²) in [4.78, 5) is 10.6. The number of nitrogens with zero attached hydrogens (tertiary/aromatic N) is 2. The lowest BCUT2D eigenvalue weighted by molar-refractivity contribution is -0.112. The van der Waals surface area contributed by atoms with Crippen molar-refractivity contribution in [1.82, 2.24) is 9.78 Å². The van der Waals surface area contributed by atoms with E-state index in [0.29, 0.717) is 0 Å². The number of aromatic nitrogens is 2. The zero-order valence-electron chi connectivity index (χ0n) is 10.3. The Kier molecular flexibility index (Phi) is 3.16. The highest BCUT2D eigenvalue weighted by Crippen LogP contribution is 2.13. The Bertz CT molecular complexity index is 659. The van der Waals surface area contributed by atoms with Crippen molar-refractivity contribution in [2.45, 2.75) is 13.8 Å². The Hall–Kier alpha value is -2.54. The number of carbonyl (C=O) groups is 1. The maximum Gasteiger partial charge on any atom is 0.293 e. The van der Waals surface area contributed by atoms with E-state index >= 15 is 0 Å². The first-order valence-electron chi connectivity index (χ1n) is 5.51. The number of hydrogen-bond donors (Lipinski definition) is 1. The third-order valence-electron chi connectivity index (χ3n) is 2.43. The molecule has 1 aromatic carbocycles. The lowest BCUT2D eigenvalue weighted by Gasteiger charge is -2.04. The summed E-state index contributed by atoms with van der Waals surface area (Å²) >= 11 is 0. The molecule has 1 amide bonds. The van der Waals surface area contributed by atoms with Crippen molar-refractivity contribution in [3.8, 4) is 17.5 Å². The number of amides is 1. The maximum atomic E-state index is 10.6. The standard InChI is InChI=1S/C14H13N3O/c1-10-8-11(2)17(16-10)13-5-3-4-12(9-13)6-7-14(15)18/h3-5,8-9H,1-2H3,(H2,15,18). The summed E-state index contributed by atoms with van der Waals surface area (Å²) in [6.07, 6.45) is 0. The average Bonchev–Trinajstić information content (AvgIpc) is 2.66. The molecule has 2 rings (SSSR count). The van der Waals surface area contributed by atoms with Crippen LogP contribution in [0.15, 0.2) is 30.3 Å². The van der Waals surface area contributed by atoms with Crippen LogP contribution in [0.2, 0.25) is 0 Å². The van der Waals surface area contributed by atoms with Gasteiger partial charge in [0.1, 0.15) is 0 Å². The number of primary amides is 1. The van der Waals surface area contributed by atoms with Gasteiger partial charge in [0.25, 0.3) is 5.91 Å². The van der Waals surface area contributed by atoms with Gasteiger partial charge in [-0.25, -0.2) is 4.68 Å². The molecule has 0 aliphatic heterocycles. The van der Waals surface area contributed by atoms with Gasteiger partial charge in [0, 0.05) is 11.3 Å². The quantitative estimate of drug-likeness (QED) is 0.763. The van der Waals surface area contributed by atoms with Crippen molar-refractivity contribution < 1.29 is 4.79 Å². The van der Waals surface area contributed by atoms with Crippen LogP contribution in [0.3, 0.4) is 0 Å².